The molecule has 0 aromatic heterocycles. The molecule has 4 nitrogen and oxygen atoms in total. The second-order valence-corrected chi connectivity index (χ2v) is 8.42. The highest BCUT2D eigenvalue weighted by Crippen LogP contribution is 2.29. The first kappa shape index (κ1) is 19.2. The number of nitrogens with zero attached hydrogens (tertiary/aromatic N) is 2. The van der Waals surface area contributed by atoms with Gasteiger partial charge in [-0.25, -0.2) is 0 Å². The molecule has 1 aliphatic heterocycles. The third kappa shape index (κ3) is 4.40. The zero-order valence-electron chi connectivity index (χ0n) is 16.9. The van der Waals surface area contributed by atoms with Crippen LogP contribution in [-0.2, 0) is 4.79 Å². The van der Waals surface area contributed by atoms with Gasteiger partial charge in [-0.05, 0) is 49.3 Å². The van der Waals surface area contributed by atoms with Gasteiger partial charge in [0, 0.05) is 37.9 Å². The molecular weight excluding hydrogens is 322 g/mol. The van der Waals surface area contributed by atoms with Crippen LogP contribution in [0.5, 0.6) is 0 Å². The molecule has 1 aromatic rings. The highest BCUT2D eigenvalue weighted by atomic mass is 16.2. The molecule has 1 N–H and O–H groups in total. The molecule has 0 unspecified atom stereocenters. The Morgan fingerprint density at radius 3 is 2.58 bits per heavy atom. The Bertz CT molecular complexity index is 622. The minimum atomic E-state index is 0.205. The van der Waals surface area contributed by atoms with Gasteiger partial charge in [0.05, 0.1) is 6.54 Å². The van der Waals surface area contributed by atoms with E-state index in [4.69, 9.17) is 0 Å². The topological polar surface area (TPSA) is 35.6 Å². The van der Waals surface area contributed by atoms with Crippen molar-refractivity contribution in [1.29, 1.82) is 0 Å². The first-order chi connectivity index (χ1) is 12.5. The first-order valence-electron chi connectivity index (χ1n) is 10.3. The number of anilines is 1. The second-order valence-electron chi connectivity index (χ2n) is 8.42. The van der Waals surface area contributed by atoms with E-state index < -0.39 is 0 Å². The average molecular weight is 358 g/mol. The molecule has 1 saturated carbocycles. The molecule has 1 aliphatic carbocycles. The van der Waals surface area contributed by atoms with E-state index in [1.165, 1.54) is 29.7 Å². The van der Waals surface area contributed by atoms with Gasteiger partial charge < -0.3 is 10.2 Å². The van der Waals surface area contributed by atoms with Gasteiger partial charge in [0.15, 0.2) is 0 Å². The summed E-state index contributed by atoms with van der Waals surface area (Å²) in [7, 11) is 0. The van der Waals surface area contributed by atoms with E-state index >= 15 is 0 Å². The predicted molar refractivity (Wildman–Crippen MR) is 109 cm³/mol. The summed E-state index contributed by atoms with van der Waals surface area (Å²) in [6.45, 7) is 13.4. The Kier molecular flexibility index (Phi) is 6.23. The monoisotopic (exact) mass is 357 g/mol. The molecule has 0 radical (unpaired) electrons. The minimum absolute atomic E-state index is 0.205. The van der Waals surface area contributed by atoms with Crippen molar-refractivity contribution < 1.29 is 4.79 Å². The van der Waals surface area contributed by atoms with Gasteiger partial charge >= 0.3 is 0 Å². The van der Waals surface area contributed by atoms with E-state index in [1.54, 1.807) is 0 Å². The van der Waals surface area contributed by atoms with Crippen LogP contribution in [0, 0.1) is 25.7 Å². The quantitative estimate of drug-likeness (QED) is 0.897. The Morgan fingerprint density at radius 2 is 1.85 bits per heavy atom. The molecule has 0 bridgehead atoms. The number of carbonyl (C=O) groups is 1. The summed E-state index contributed by atoms with van der Waals surface area (Å²) in [6.07, 6.45) is 3.68. The third-order valence-corrected chi connectivity index (χ3v) is 6.71. The van der Waals surface area contributed by atoms with Crippen molar-refractivity contribution >= 4 is 11.6 Å². The maximum Gasteiger partial charge on any atom is 0.234 e. The van der Waals surface area contributed by atoms with Crippen molar-refractivity contribution in [3.8, 4) is 0 Å². The number of nitrogens with one attached hydrogen (secondary N) is 1. The van der Waals surface area contributed by atoms with Crippen LogP contribution in [0.4, 0.5) is 5.69 Å². The number of amides is 1. The van der Waals surface area contributed by atoms with Crippen molar-refractivity contribution in [2.24, 2.45) is 11.8 Å². The molecule has 2 fully saturated rings. The van der Waals surface area contributed by atoms with Crippen LogP contribution < -0.4 is 10.2 Å². The summed E-state index contributed by atoms with van der Waals surface area (Å²) in [5, 5.41) is 3.31. The van der Waals surface area contributed by atoms with Crippen molar-refractivity contribution in [1.82, 2.24) is 10.2 Å². The zero-order valence-corrected chi connectivity index (χ0v) is 16.9. The Labute approximate surface area is 158 Å². The number of hydrogen-bond donors (Lipinski definition) is 1. The lowest BCUT2D eigenvalue weighted by Gasteiger charge is -2.38. The molecule has 4 heteroatoms. The maximum atomic E-state index is 12.5. The van der Waals surface area contributed by atoms with Gasteiger partial charge in [-0.3, -0.25) is 9.69 Å². The molecule has 1 aromatic carbocycles. The van der Waals surface area contributed by atoms with Crippen molar-refractivity contribution in [2.75, 3.05) is 37.6 Å². The fourth-order valence-corrected chi connectivity index (χ4v) is 4.47. The molecule has 2 aliphatic rings. The molecule has 1 saturated heterocycles. The van der Waals surface area contributed by atoms with Crippen LogP contribution in [0.1, 0.15) is 44.2 Å². The van der Waals surface area contributed by atoms with Gasteiger partial charge in [0.25, 0.3) is 0 Å². The third-order valence-electron chi connectivity index (χ3n) is 6.71. The molecular formula is C22H35N3O. The lowest BCUT2D eigenvalue weighted by molar-refractivity contribution is -0.123. The molecule has 1 amide bonds. The van der Waals surface area contributed by atoms with Crippen molar-refractivity contribution in [3.05, 3.63) is 29.3 Å². The maximum absolute atomic E-state index is 12.5. The molecule has 1 heterocycles. The highest BCUT2D eigenvalue weighted by molar-refractivity contribution is 5.78. The van der Waals surface area contributed by atoms with Gasteiger partial charge in [0.1, 0.15) is 0 Å². The number of piperazine rings is 1. The van der Waals surface area contributed by atoms with Crippen molar-refractivity contribution in [3.63, 3.8) is 0 Å². The molecule has 26 heavy (non-hydrogen) atoms. The van der Waals surface area contributed by atoms with E-state index in [0.29, 0.717) is 18.5 Å². The van der Waals surface area contributed by atoms with Gasteiger partial charge in [-0.15, -0.1) is 0 Å². The summed E-state index contributed by atoms with van der Waals surface area (Å²) in [4.78, 5) is 17.3. The largest absolute Gasteiger partial charge is 0.369 e. The normalized spacial score (nSPS) is 27.4. The number of carbonyl (C=O) groups excluding carboxylic acids is 1. The number of aryl methyl sites for hydroxylation is 1. The summed E-state index contributed by atoms with van der Waals surface area (Å²) in [5.74, 6) is 1.51. The average Bonchev–Trinajstić information content (AvgIpc) is 2.62. The fourth-order valence-electron chi connectivity index (χ4n) is 4.47. The predicted octanol–water partition coefficient (Wildman–Crippen LogP) is 3.37. The minimum Gasteiger partial charge on any atom is -0.369 e. The van der Waals surface area contributed by atoms with E-state index in [9.17, 15) is 4.79 Å². The van der Waals surface area contributed by atoms with Crippen LogP contribution in [0.15, 0.2) is 18.2 Å². The SMILES string of the molecule is Cc1cccc(N2CCN(CC(=O)N[C@@H]3CCC[C@@H](C)[C@@H]3C)CC2)c1C. The van der Waals surface area contributed by atoms with E-state index in [2.05, 4.69) is 61.0 Å². The number of hydrogen-bond acceptors (Lipinski definition) is 3. The summed E-state index contributed by atoms with van der Waals surface area (Å²) < 4.78 is 0. The zero-order chi connectivity index (χ0) is 18.7. The molecule has 3 atom stereocenters. The highest BCUT2D eigenvalue weighted by Gasteiger charge is 2.29. The van der Waals surface area contributed by atoms with Crippen LogP contribution in [0.3, 0.4) is 0 Å². The van der Waals surface area contributed by atoms with E-state index in [-0.39, 0.29) is 5.91 Å². The number of rotatable bonds is 4. The smallest absolute Gasteiger partial charge is 0.234 e. The van der Waals surface area contributed by atoms with Crippen molar-refractivity contribution in [2.45, 2.75) is 53.0 Å². The summed E-state index contributed by atoms with van der Waals surface area (Å²) >= 11 is 0. The second kappa shape index (κ2) is 8.43. The summed E-state index contributed by atoms with van der Waals surface area (Å²) in [5.41, 5.74) is 4.07. The fraction of sp³-hybridized carbons (Fsp3) is 0.682. The van der Waals surface area contributed by atoms with Gasteiger partial charge in [-0.2, -0.15) is 0 Å². The standard InChI is InChI=1S/C22H35N3O/c1-16-7-5-9-20(18(16)3)23-22(26)15-24-11-13-25(14-12-24)21-10-6-8-17(2)19(21)4/h6,8,10,16,18,20H,5,7,9,11-15H2,1-4H3,(H,23,26)/t16-,18+,20-/m1/s1. The van der Waals surface area contributed by atoms with Crippen LogP contribution in [-0.4, -0.2) is 49.6 Å². The van der Waals surface area contributed by atoms with Crippen LogP contribution in [0.25, 0.3) is 0 Å². The molecule has 0 spiro atoms. The van der Waals surface area contributed by atoms with E-state index in [1.807, 2.05) is 0 Å². The summed E-state index contributed by atoms with van der Waals surface area (Å²) in [6, 6.07) is 6.90. The Morgan fingerprint density at radius 1 is 1.12 bits per heavy atom. The van der Waals surface area contributed by atoms with Gasteiger partial charge in [-0.1, -0.05) is 38.8 Å². The first-order valence-corrected chi connectivity index (χ1v) is 10.3. The molecule has 3 rings (SSSR count). The Balaban J connectivity index is 1.48. The van der Waals surface area contributed by atoms with Crippen LogP contribution >= 0.6 is 0 Å². The Hall–Kier alpha value is -1.55. The lowest BCUT2D eigenvalue weighted by Crippen LogP contribution is -2.52. The number of benzene rings is 1. The van der Waals surface area contributed by atoms with Gasteiger partial charge in [0.2, 0.25) is 5.91 Å². The van der Waals surface area contributed by atoms with Crippen LogP contribution in [0.2, 0.25) is 0 Å². The molecule has 144 valence electrons. The lowest BCUT2D eigenvalue weighted by atomic mass is 9.78. The van der Waals surface area contributed by atoms with E-state index in [0.717, 1.165) is 38.5 Å².